The molecule has 10 nitrogen and oxygen atoms in total. The molecule has 3 aromatic carbocycles. The van der Waals surface area contributed by atoms with Gasteiger partial charge in [0.2, 0.25) is 0 Å². The highest BCUT2D eigenvalue weighted by atomic mass is 32.2. The number of aromatic amines is 1. The van der Waals surface area contributed by atoms with Gasteiger partial charge in [0.15, 0.2) is 0 Å². The minimum atomic E-state index is -3.66. The second-order valence-corrected chi connectivity index (χ2v) is 10.2. The monoisotopic (exact) mass is 486 g/mol. The van der Waals surface area contributed by atoms with Crippen LogP contribution in [0.5, 0.6) is 0 Å². The van der Waals surface area contributed by atoms with Gasteiger partial charge in [-0.15, -0.1) is 0 Å². The van der Waals surface area contributed by atoms with E-state index in [9.17, 15) is 18.5 Å². The molecule has 0 amide bonds. The Kier molecular flexibility index (Phi) is 4.36. The highest BCUT2D eigenvalue weighted by molar-refractivity contribution is 7.93. The lowest BCUT2D eigenvalue weighted by Gasteiger charge is -2.26. The highest BCUT2D eigenvalue weighted by Crippen LogP contribution is 2.43. The molecular weight excluding hydrogens is 468 g/mol. The number of anilines is 1. The van der Waals surface area contributed by atoms with Gasteiger partial charge < -0.3 is 4.98 Å². The number of aromatic nitrogens is 4. The van der Waals surface area contributed by atoms with Crippen LogP contribution in [0.3, 0.4) is 0 Å². The smallest absolute Gasteiger partial charge is 0.271 e. The first-order chi connectivity index (χ1) is 16.8. The zero-order valence-corrected chi connectivity index (χ0v) is 19.4. The molecule has 1 N–H and O–H groups in total. The summed E-state index contributed by atoms with van der Waals surface area (Å²) in [7, 11) is -2.12. The molecule has 5 aromatic rings. The maximum absolute atomic E-state index is 13.0. The van der Waals surface area contributed by atoms with Crippen LogP contribution < -0.4 is 4.31 Å². The van der Waals surface area contributed by atoms with E-state index in [4.69, 9.17) is 5.10 Å². The predicted octanol–water partition coefficient (Wildman–Crippen LogP) is 4.44. The van der Waals surface area contributed by atoms with Crippen LogP contribution in [0.1, 0.15) is 5.69 Å². The number of non-ortho nitro benzene ring substituents is 1. The SMILES string of the molecule is Cc1c2c(nn1-c1ccc(-c3nc4ccc([N+](=O)[O-])cc4[nH]3)cc1)-c1ccccc1S(=O)(=O)N2C. The molecule has 0 bridgehead atoms. The van der Waals surface area contributed by atoms with E-state index < -0.39 is 14.9 Å². The number of hydrogen-bond donors (Lipinski definition) is 1. The molecule has 0 fully saturated rings. The van der Waals surface area contributed by atoms with Gasteiger partial charge in [0.05, 0.1) is 32.2 Å². The lowest BCUT2D eigenvalue weighted by molar-refractivity contribution is -0.384. The van der Waals surface area contributed by atoms with Crippen LogP contribution in [0.15, 0.2) is 71.6 Å². The van der Waals surface area contributed by atoms with Crippen LogP contribution in [0.25, 0.3) is 39.4 Å². The minimum absolute atomic E-state index is 0.00488. The summed E-state index contributed by atoms with van der Waals surface area (Å²) in [5.74, 6) is 0.586. The third-order valence-electron chi connectivity index (χ3n) is 6.24. The zero-order valence-electron chi connectivity index (χ0n) is 18.6. The van der Waals surface area contributed by atoms with Gasteiger partial charge in [-0.3, -0.25) is 14.4 Å². The van der Waals surface area contributed by atoms with Crippen LogP contribution in [-0.4, -0.2) is 40.1 Å². The average Bonchev–Trinajstić information content (AvgIpc) is 3.44. The summed E-state index contributed by atoms with van der Waals surface area (Å²) in [5, 5.41) is 15.8. The second kappa shape index (κ2) is 7.24. The number of sulfonamides is 1. The third kappa shape index (κ3) is 3.05. The summed E-state index contributed by atoms with van der Waals surface area (Å²) in [6.45, 7) is 1.84. The van der Waals surface area contributed by atoms with Crippen molar-refractivity contribution in [3.05, 3.63) is 82.5 Å². The van der Waals surface area contributed by atoms with Crippen LogP contribution in [0.4, 0.5) is 11.4 Å². The summed E-state index contributed by atoms with van der Waals surface area (Å²) in [4.78, 5) is 18.5. The number of H-pyrrole nitrogens is 1. The van der Waals surface area contributed by atoms with Crippen molar-refractivity contribution in [3.8, 4) is 28.3 Å². The highest BCUT2D eigenvalue weighted by Gasteiger charge is 2.36. The fourth-order valence-corrected chi connectivity index (χ4v) is 5.91. The Morgan fingerprint density at radius 2 is 1.77 bits per heavy atom. The van der Waals surface area contributed by atoms with Crippen LogP contribution in [0.2, 0.25) is 0 Å². The Bertz CT molecular complexity index is 1770. The number of nitro benzene ring substituents is 1. The largest absolute Gasteiger partial charge is 0.338 e. The van der Waals surface area contributed by atoms with E-state index in [2.05, 4.69) is 9.97 Å². The summed E-state index contributed by atoms with van der Waals surface area (Å²) in [6, 6.07) is 18.8. The van der Waals surface area contributed by atoms with Crippen molar-refractivity contribution in [2.75, 3.05) is 11.4 Å². The molecule has 174 valence electrons. The van der Waals surface area contributed by atoms with E-state index in [1.165, 1.54) is 23.5 Å². The zero-order chi connectivity index (χ0) is 24.5. The van der Waals surface area contributed by atoms with E-state index in [1.807, 2.05) is 31.2 Å². The first kappa shape index (κ1) is 21.1. The van der Waals surface area contributed by atoms with Crippen molar-refractivity contribution in [1.29, 1.82) is 0 Å². The fraction of sp³-hybridized carbons (Fsp3) is 0.0833. The normalized spacial score (nSPS) is 14.1. The maximum atomic E-state index is 13.0. The second-order valence-electron chi connectivity index (χ2n) is 8.25. The molecule has 0 spiro atoms. The molecule has 0 unspecified atom stereocenters. The molecule has 1 aliphatic rings. The predicted molar refractivity (Wildman–Crippen MR) is 131 cm³/mol. The number of hydrogen-bond acceptors (Lipinski definition) is 6. The summed E-state index contributed by atoms with van der Waals surface area (Å²) in [5.41, 5.74) is 5.20. The number of imidazole rings is 1. The molecule has 3 heterocycles. The molecule has 0 saturated carbocycles. The number of nitrogens with zero attached hydrogens (tertiary/aromatic N) is 5. The van der Waals surface area contributed by atoms with Gasteiger partial charge in [0.1, 0.15) is 17.2 Å². The Balaban J connectivity index is 1.41. The van der Waals surface area contributed by atoms with Gasteiger partial charge in [0.25, 0.3) is 15.7 Å². The molecule has 0 atom stereocenters. The quantitative estimate of drug-likeness (QED) is 0.297. The van der Waals surface area contributed by atoms with Crippen molar-refractivity contribution in [3.63, 3.8) is 0 Å². The lowest BCUT2D eigenvalue weighted by Crippen LogP contribution is -2.30. The van der Waals surface area contributed by atoms with Crippen molar-refractivity contribution >= 4 is 32.4 Å². The molecule has 0 saturated heterocycles. The first-order valence-corrected chi connectivity index (χ1v) is 12.1. The molecular formula is C24H18N6O4S. The van der Waals surface area contributed by atoms with E-state index in [0.717, 1.165) is 11.3 Å². The number of fused-ring (bicyclic) bond motifs is 4. The van der Waals surface area contributed by atoms with Crippen molar-refractivity contribution in [1.82, 2.24) is 19.7 Å². The van der Waals surface area contributed by atoms with Crippen LogP contribution in [0, 0.1) is 17.0 Å². The third-order valence-corrected chi connectivity index (χ3v) is 8.06. The topological polar surface area (TPSA) is 127 Å². The number of nitrogens with one attached hydrogen (secondary N) is 1. The van der Waals surface area contributed by atoms with E-state index in [-0.39, 0.29) is 10.6 Å². The number of rotatable bonds is 3. The van der Waals surface area contributed by atoms with Crippen LogP contribution in [-0.2, 0) is 10.0 Å². The number of nitro groups is 1. The van der Waals surface area contributed by atoms with E-state index in [1.54, 1.807) is 35.0 Å². The first-order valence-electron chi connectivity index (χ1n) is 10.7. The summed E-state index contributed by atoms with van der Waals surface area (Å²) >= 11 is 0. The van der Waals surface area contributed by atoms with Gasteiger partial charge in [-0.1, -0.05) is 18.2 Å². The molecule has 1 aliphatic heterocycles. The molecule has 11 heteroatoms. The van der Waals surface area contributed by atoms with Gasteiger partial charge in [-0.2, -0.15) is 5.10 Å². The Hall–Kier alpha value is -4.51. The van der Waals surface area contributed by atoms with E-state index in [0.29, 0.717) is 39.5 Å². The minimum Gasteiger partial charge on any atom is -0.338 e. The van der Waals surface area contributed by atoms with Crippen molar-refractivity contribution in [2.24, 2.45) is 0 Å². The van der Waals surface area contributed by atoms with Gasteiger partial charge in [0, 0.05) is 30.3 Å². The van der Waals surface area contributed by atoms with Gasteiger partial charge >= 0.3 is 0 Å². The Labute approximate surface area is 199 Å². The molecule has 35 heavy (non-hydrogen) atoms. The van der Waals surface area contributed by atoms with Gasteiger partial charge in [-0.05, 0) is 43.3 Å². The lowest BCUT2D eigenvalue weighted by atomic mass is 10.1. The fourth-order valence-electron chi connectivity index (χ4n) is 4.47. The molecule has 2 aromatic heterocycles. The molecule has 0 radical (unpaired) electrons. The standard InChI is InChI=1S/C24H18N6O4S/c1-14-23-22(18-5-3-4-6-21(18)35(33,34)28(23)2)27-29(14)16-9-7-15(8-10-16)24-25-19-12-11-17(30(31)32)13-20(19)26-24/h3-13H,1-2H3,(H,25,26). The summed E-state index contributed by atoms with van der Waals surface area (Å²) < 4.78 is 29.1. The number of benzene rings is 3. The summed E-state index contributed by atoms with van der Waals surface area (Å²) in [6.07, 6.45) is 0. The van der Waals surface area contributed by atoms with Crippen molar-refractivity contribution < 1.29 is 13.3 Å². The Morgan fingerprint density at radius 1 is 1.03 bits per heavy atom. The molecule has 6 rings (SSSR count). The van der Waals surface area contributed by atoms with Crippen molar-refractivity contribution in [2.45, 2.75) is 11.8 Å². The average molecular weight is 487 g/mol. The molecule has 0 aliphatic carbocycles. The van der Waals surface area contributed by atoms with Gasteiger partial charge in [-0.25, -0.2) is 18.1 Å². The maximum Gasteiger partial charge on any atom is 0.271 e. The van der Waals surface area contributed by atoms with E-state index >= 15 is 0 Å². The van der Waals surface area contributed by atoms with Crippen LogP contribution >= 0.6 is 0 Å². The Morgan fingerprint density at radius 3 is 2.51 bits per heavy atom.